The SMILES string of the molecule is N#CC(=NOCc1cccc(Br)n1)c1ccccc1. The molecule has 0 saturated heterocycles. The molecule has 0 saturated carbocycles. The third kappa shape index (κ3) is 3.90. The molecular formula is C14H10BrN3O. The van der Waals surface area contributed by atoms with E-state index in [2.05, 4.69) is 26.1 Å². The summed E-state index contributed by atoms with van der Waals surface area (Å²) in [5.41, 5.74) is 1.71. The summed E-state index contributed by atoms with van der Waals surface area (Å²) in [6, 6.07) is 16.7. The van der Waals surface area contributed by atoms with Crippen molar-refractivity contribution in [2.75, 3.05) is 0 Å². The van der Waals surface area contributed by atoms with Crippen LogP contribution in [0.4, 0.5) is 0 Å². The lowest BCUT2D eigenvalue weighted by molar-refractivity contribution is 0.128. The zero-order valence-corrected chi connectivity index (χ0v) is 11.5. The summed E-state index contributed by atoms with van der Waals surface area (Å²) in [6.07, 6.45) is 0. The van der Waals surface area contributed by atoms with Gasteiger partial charge in [0.05, 0.1) is 5.69 Å². The molecule has 0 amide bonds. The molecule has 0 spiro atoms. The average molecular weight is 316 g/mol. The summed E-state index contributed by atoms with van der Waals surface area (Å²) >= 11 is 3.28. The quantitative estimate of drug-likeness (QED) is 0.494. The van der Waals surface area contributed by atoms with Gasteiger partial charge in [0.2, 0.25) is 0 Å². The maximum absolute atomic E-state index is 9.04. The maximum Gasteiger partial charge on any atom is 0.186 e. The van der Waals surface area contributed by atoms with Gasteiger partial charge in [-0.1, -0.05) is 41.6 Å². The molecular weight excluding hydrogens is 306 g/mol. The van der Waals surface area contributed by atoms with Gasteiger partial charge in [-0.3, -0.25) is 0 Å². The van der Waals surface area contributed by atoms with E-state index in [0.717, 1.165) is 15.9 Å². The predicted octanol–water partition coefficient (Wildman–Crippen LogP) is 3.29. The molecule has 0 unspecified atom stereocenters. The monoisotopic (exact) mass is 315 g/mol. The Morgan fingerprint density at radius 2 is 2.00 bits per heavy atom. The van der Waals surface area contributed by atoms with Crippen LogP contribution in [0.25, 0.3) is 0 Å². The van der Waals surface area contributed by atoms with Crippen LogP contribution in [-0.2, 0) is 11.4 Å². The Bertz CT molecular complexity index is 620. The maximum atomic E-state index is 9.04. The highest BCUT2D eigenvalue weighted by molar-refractivity contribution is 9.10. The Kier molecular flexibility index (Phi) is 4.65. The van der Waals surface area contributed by atoms with Gasteiger partial charge in [-0.15, -0.1) is 0 Å². The second-order valence-electron chi connectivity index (χ2n) is 3.64. The molecule has 1 aromatic carbocycles. The second-order valence-corrected chi connectivity index (χ2v) is 4.46. The third-order valence-corrected chi connectivity index (χ3v) is 2.74. The fourth-order valence-electron chi connectivity index (χ4n) is 1.43. The summed E-state index contributed by atoms with van der Waals surface area (Å²) in [5, 5.41) is 12.9. The van der Waals surface area contributed by atoms with Gasteiger partial charge in [0, 0.05) is 5.56 Å². The number of nitriles is 1. The number of aromatic nitrogens is 1. The molecule has 94 valence electrons. The zero-order valence-electron chi connectivity index (χ0n) is 9.95. The van der Waals surface area contributed by atoms with E-state index in [9.17, 15) is 0 Å². The van der Waals surface area contributed by atoms with Gasteiger partial charge in [0.1, 0.15) is 10.7 Å². The third-order valence-electron chi connectivity index (χ3n) is 2.29. The van der Waals surface area contributed by atoms with E-state index in [0.29, 0.717) is 0 Å². The minimum Gasteiger partial charge on any atom is -0.388 e. The van der Waals surface area contributed by atoms with E-state index >= 15 is 0 Å². The number of oxime groups is 1. The first kappa shape index (κ1) is 13.2. The summed E-state index contributed by atoms with van der Waals surface area (Å²) < 4.78 is 0.737. The fraction of sp³-hybridized carbons (Fsp3) is 0.0714. The van der Waals surface area contributed by atoms with Crippen molar-refractivity contribution in [3.8, 4) is 6.07 Å². The number of hydrogen-bond donors (Lipinski definition) is 0. The minimum absolute atomic E-state index is 0.220. The van der Waals surface area contributed by atoms with E-state index in [1.165, 1.54) is 0 Å². The van der Waals surface area contributed by atoms with Crippen LogP contribution in [0.1, 0.15) is 11.3 Å². The summed E-state index contributed by atoms with van der Waals surface area (Å²) in [4.78, 5) is 9.37. The van der Waals surface area contributed by atoms with Crippen LogP contribution in [0, 0.1) is 11.3 Å². The Hall–Kier alpha value is -2.19. The van der Waals surface area contributed by atoms with Crippen LogP contribution in [0.3, 0.4) is 0 Å². The number of halogens is 1. The van der Waals surface area contributed by atoms with Crippen LogP contribution >= 0.6 is 15.9 Å². The van der Waals surface area contributed by atoms with E-state index < -0.39 is 0 Å². The van der Waals surface area contributed by atoms with Crippen molar-refractivity contribution in [2.45, 2.75) is 6.61 Å². The zero-order chi connectivity index (χ0) is 13.5. The topological polar surface area (TPSA) is 58.3 Å². The number of pyridine rings is 1. The van der Waals surface area contributed by atoms with Crippen LogP contribution in [0.5, 0.6) is 0 Å². The van der Waals surface area contributed by atoms with Gasteiger partial charge < -0.3 is 4.84 Å². The van der Waals surface area contributed by atoms with E-state index in [1.54, 1.807) is 0 Å². The summed E-state index contributed by atoms with van der Waals surface area (Å²) in [5.74, 6) is 0. The summed E-state index contributed by atoms with van der Waals surface area (Å²) in [7, 11) is 0. The van der Waals surface area contributed by atoms with E-state index in [4.69, 9.17) is 10.1 Å². The average Bonchev–Trinajstić information content (AvgIpc) is 2.45. The smallest absolute Gasteiger partial charge is 0.186 e. The molecule has 0 N–H and O–H groups in total. The Labute approximate surface area is 119 Å². The molecule has 0 bridgehead atoms. The van der Waals surface area contributed by atoms with Crippen LogP contribution in [-0.4, -0.2) is 10.7 Å². The van der Waals surface area contributed by atoms with Crippen molar-refractivity contribution in [3.63, 3.8) is 0 Å². The first-order valence-electron chi connectivity index (χ1n) is 5.56. The molecule has 0 atom stereocenters. The number of rotatable bonds is 4. The van der Waals surface area contributed by atoms with Crippen LogP contribution in [0.15, 0.2) is 58.3 Å². The first-order valence-corrected chi connectivity index (χ1v) is 6.36. The van der Waals surface area contributed by atoms with Gasteiger partial charge in [-0.25, -0.2) is 4.98 Å². The van der Waals surface area contributed by atoms with Crippen molar-refractivity contribution in [1.82, 2.24) is 4.98 Å². The highest BCUT2D eigenvalue weighted by Gasteiger charge is 2.02. The molecule has 1 aromatic heterocycles. The number of nitrogens with zero attached hydrogens (tertiary/aromatic N) is 3. The van der Waals surface area contributed by atoms with Gasteiger partial charge in [0.25, 0.3) is 0 Å². The Balaban J connectivity index is 2.04. The summed E-state index contributed by atoms with van der Waals surface area (Å²) in [6.45, 7) is 0.220. The molecule has 0 aliphatic heterocycles. The largest absolute Gasteiger partial charge is 0.388 e. The van der Waals surface area contributed by atoms with E-state index in [-0.39, 0.29) is 12.3 Å². The second kappa shape index (κ2) is 6.66. The van der Waals surface area contributed by atoms with Gasteiger partial charge in [0.15, 0.2) is 12.3 Å². The van der Waals surface area contributed by atoms with Crippen molar-refractivity contribution >= 4 is 21.6 Å². The van der Waals surface area contributed by atoms with Crippen LogP contribution < -0.4 is 0 Å². The molecule has 4 nitrogen and oxygen atoms in total. The predicted molar refractivity (Wildman–Crippen MR) is 75.3 cm³/mol. The molecule has 0 radical (unpaired) electrons. The molecule has 1 heterocycles. The lowest BCUT2D eigenvalue weighted by Gasteiger charge is -2.01. The van der Waals surface area contributed by atoms with Gasteiger partial charge >= 0.3 is 0 Å². The molecule has 19 heavy (non-hydrogen) atoms. The highest BCUT2D eigenvalue weighted by Crippen LogP contribution is 2.08. The minimum atomic E-state index is 0.220. The molecule has 5 heteroatoms. The van der Waals surface area contributed by atoms with Gasteiger partial charge in [-0.2, -0.15) is 5.26 Å². The van der Waals surface area contributed by atoms with Crippen molar-refractivity contribution in [2.24, 2.45) is 5.16 Å². The molecule has 2 rings (SSSR count). The van der Waals surface area contributed by atoms with Crippen molar-refractivity contribution in [3.05, 3.63) is 64.4 Å². The van der Waals surface area contributed by atoms with E-state index in [1.807, 2.05) is 54.6 Å². The van der Waals surface area contributed by atoms with Crippen LogP contribution in [0.2, 0.25) is 0 Å². The number of hydrogen-bond acceptors (Lipinski definition) is 4. The molecule has 2 aromatic rings. The van der Waals surface area contributed by atoms with Crippen molar-refractivity contribution < 1.29 is 4.84 Å². The normalized spacial score (nSPS) is 10.8. The Morgan fingerprint density at radius 3 is 2.68 bits per heavy atom. The lowest BCUT2D eigenvalue weighted by atomic mass is 10.1. The molecule has 0 aliphatic carbocycles. The Morgan fingerprint density at radius 1 is 1.21 bits per heavy atom. The number of benzene rings is 1. The molecule has 0 aliphatic rings. The fourth-order valence-corrected chi connectivity index (χ4v) is 1.81. The van der Waals surface area contributed by atoms with Crippen molar-refractivity contribution in [1.29, 1.82) is 5.26 Å². The lowest BCUT2D eigenvalue weighted by Crippen LogP contribution is -1.99. The van der Waals surface area contributed by atoms with Gasteiger partial charge in [-0.05, 0) is 28.1 Å². The highest BCUT2D eigenvalue weighted by atomic mass is 79.9. The standard InChI is InChI=1S/C14H10BrN3O/c15-14-8-4-7-12(17-14)10-19-18-13(9-16)11-5-2-1-3-6-11/h1-8H,10H2. The molecule has 0 fully saturated rings. The first-order chi connectivity index (χ1) is 9.29.